The number of aliphatic imine (C=N–C) groups is 1. The monoisotopic (exact) mass is 538 g/mol. The molecule has 154 valence electrons. The summed E-state index contributed by atoms with van der Waals surface area (Å²) in [7, 11) is 3.62. The van der Waals surface area contributed by atoms with E-state index in [1.54, 1.807) is 7.05 Å². The maximum absolute atomic E-state index is 6.12. The Balaban J connectivity index is 0.00000280. The van der Waals surface area contributed by atoms with Gasteiger partial charge in [0.1, 0.15) is 11.0 Å². The van der Waals surface area contributed by atoms with Crippen molar-refractivity contribution in [1.82, 2.24) is 20.2 Å². The zero-order valence-electron chi connectivity index (χ0n) is 15.9. The van der Waals surface area contributed by atoms with E-state index in [-0.39, 0.29) is 24.0 Å². The van der Waals surface area contributed by atoms with Gasteiger partial charge in [0.2, 0.25) is 0 Å². The number of pyridine rings is 1. The minimum absolute atomic E-state index is 0. The molecule has 0 bridgehead atoms. The molecule has 1 aliphatic rings. The lowest BCUT2D eigenvalue weighted by molar-refractivity contribution is 0.122. The van der Waals surface area contributed by atoms with Crippen molar-refractivity contribution in [3.8, 4) is 0 Å². The molecule has 0 spiro atoms. The summed E-state index contributed by atoms with van der Waals surface area (Å²) >= 11 is 12.2. The number of hydrogen-bond donors (Lipinski definition) is 2. The highest BCUT2D eigenvalue weighted by Crippen LogP contribution is 2.25. The molecule has 2 N–H and O–H groups in total. The van der Waals surface area contributed by atoms with Gasteiger partial charge in [0.05, 0.1) is 24.8 Å². The van der Waals surface area contributed by atoms with Gasteiger partial charge in [-0.15, -0.1) is 24.0 Å². The van der Waals surface area contributed by atoms with Gasteiger partial charge in [-0.3, -0.25) is 4.99 Å². The molecule has 0 atom stereocenters. The maximum Gasteiger partial charge on any atom is 0.191 e. The van der Waals surface area contributed by atoms with Crippen molar-refractivity contribution in [2.45, 2.75) is 13.1 Å². The van der Waals surface area contributed by atoms with Crippen molar-refractivity contribution in [2.75, 3.05) is 38.3 Å². The van der Waals surface area contributed by atoms with Crippen molar-refractivity contribution in [3.63, 3.8) is 0 Å². The summed E-state index contributed by atoms with van der Waals surface area (Å²) in [6, 6.07) is 5.88. The van der Waals surface area contributed by atoms with Crippen LogP contribution < -0.4 is 15.5 Å². The summed E-state index contributed by atoms with van der Waals surface area (Å²) in [5, 5.41) is 7.70. The van der Waals surface area contributed by atoms with Crippen LogP contribution in [0.2, 0.25) is 10.2 Å². The van der Waals surface area contributed by atoms with Crippen LogP contribution in [-0.2, 0) is 24.9 Å². The number of rotatable bonds is 5. The molecule has 0 aliphatic carbocycles. The van der Waals surface area contributed by atoms with Gasteiger partial charge >= 0.3 is 0 Å². The number of halogens is 3. The van der Waals surface area contributed by atoms with Gasteiger partial charge in [0, 0.05) is 51.2 Å². The highest BCUT2D eigenvalue weighted by molar-refractivity contribution is 14.0. The Morgan fingerprint density at radius 2 is 1.96 bits per heavy atom. The van der Waals surface area contributed by atoms with E-state index >= 15 is 0 Å². The first kappa shape index (κ1) is 23.1. The molecular weight excluding hydrogens is 514 g/mol. The Bertz CT molecular complexity index is 807. The summed E-state index contributed by atoms with van der Waals surface area (Å²) in [5.41, 5.74) is 2.09. The average Bonchev–Trinajstić information content (AvgIpc) is 2.96. The van der Waals surface area contributed by atoms with Crippen molar-refractivity contribution >= 4 is 59.0 Å². The highest BCUT2D eigenvalue weighted by atomic mass is 127. The molecule has 0 unspecified atom stereocenters. The van der Waals surface area contributed by atoms with E-state index in [0.29, 0.717) is 29.2 Å². The third-order valence-electron chi connectivity index (χ3n) is 4.50. The molecule has 1 saturated heterocycles. The summed E-state index contributed by atoms with van der Waals surface area (Å²) in [4.78, 5) is 11.1. The minimum atomic E-state index is 0. The van der Waals surface area contributed by atoms with E-state index in [1.165, 1.54) is 0 Å². The standard InChI is InChI=1S/C18H24Cl2N6O.HI/c1-21-18(24-12-14-10-15(19)16(20)25(14)2)23-11-13-4-3-5-22-17(13)26-6-8-27-9-7-26;/h3-5,10H,6-9,11-12H2,1-2H3,(H2,21,23,24);1H. The molecule has 2 aromatic rings. The van der Waals surface area contributed by atoms with Gasteiger partial charge in [-0.1, -0.05) is 29.3 Å². The second-order valence-corrected chi connectivity index (χ2v) is 6.96. The summed E-state index contributed by atoms with van der Waals surface area (Å²) < 4.78 is 7.28. The number of morpholine rings is 1. The van der Waals surface area contributed by atoms with Crippen LogP contribution in [0.15, 0.2) is 29.4 Å². The fraction of sp³-hybridized carbons (Fsp3) is 0.444. The van der Waals surface area contributed by atoms with Gasteiger partial charge in [0.25, 0.3) is 0 Å². The van der Waals surface area contributed by atoms with Crippen LogP contribution in [0, 0.1) is 0 Å². The Hall–Kier alpha value is -1.23. The van der Waals surface area contributed by atoms with Gasteiger partial charge in [0.15, 0.2) is 5.96 Å². The second-order valence-electron chi connectivity index (χ2n) is 6.20. The van der Waals surface area contributed by atoms with Crippen molar-refractivity contribution in [2.24, 2.45) is 12.0 Å². The van der Waals surface area contributed by atoms with Crippen LogP contribution in [0.25, 0.3) is 0 Å². The van der Waals surface area contributed by atoms with Gasteiger partial charge in [-0.2, -0.15) is 0 Å². The van der Waals surface area contributed by atoms with E-state index in [0.717, 1.165) is 43.4 Å². The third-order valence-corrected chi connectivity index (χ3v) is 5.34. The van der Waals surface area contributed by atoms with E-state index in [4.69, 9.17) is 27.9 Å². The van der Waals surface area contributed by atoms with Gasteiger partial charge in [-0.25, -0.2) is 4.98 Å². The molecule has 2 aromatic heterocycles. The number of aromatic nitrogens is 2. The van der Waals surface area contributed by atoms with Crippen molar-refractivity contribution in [3.05, 3.63) is 45.8 Å². The first-order valence-electron chi connectivity index (χ1n) is 8.81. The summed E-state index contributed by atoms with van der Waals surface area (Å²) in [6.45, 7) is 4.35. The number of anilines is 1. The van der Waals surface area contributed by atoms with Crippen LogP contribution in [-0.4, -0.2) is 48.9 Å². The van der Waals surface area contributed by atoms with Crippen LogP contribution in [0.3, 0.4) is 0 Å². The molecule has 3 heterocycles. The van der Waals surface area contributed by atoms with Crippen molar-refractivity contribution in [1.29, 1.82) is 0 Å². The normalized spacial score (nSPS) is 14.6. The summed E-state index contributed by atoms with van der Waals surface area (Å²) in [5.74, 6) is 1.69. The van der Waals surface area contributed by atoms with E-state index < -0.39 is 0 Å². The number of nitrogens with one attached hydrogen (secondary N) is 2. The predicted octanol–water partition coefficient (Wildman–Crippen LogP) is 3.05. The third kappa shape index (κ3) is 5.65. The number of hydrogen-bond acceptors (Lipinski definition) is 4. The fourth-order valence-electron chi connectivity index (χ4n) is 2.96. The van der Waals surface area contributed by atoms with Crippen molar-refractivity contribution < 1.29 is 4.74 Å². The molecule has 7 nitrogen and oxygen atoms in total. The van der Waals surface area contributed by atoms with E-state index in [9.17, 15) is 0 Å². The van der Waals surface area contributed by atoms with Gasteiger partial charge < -0.3 is 24.8 Å². The lowest BCUT2D eigenvalue weighted by atomic mass is 10.2. The zero-order chi connectivity index (χ0) is 19.2. The number of nitrogens with zero attached hydrogens (tertiary/aromatic N) is 4. The molecule has 0 radical (unpaired) electrons. The molecule has 0 aromatic carbocycles. The molecule has 1 fully saturated rings. The molecule has 1 aliphatic heterocycles. The molecular formula is C18H25Cl2IN6O. The Morgan fingerprint density at radius 3 is 2.61 bits per heavy atom. The lowest BCUT2D eigenvalue weighted by Crippen LogP contribution is -2.39. The Kier molecular flexibility index (Phi) is 9.13. The van der Waals surface area contributed by atoms with Gasteiger partial charge in [-0.05, 0) is 12.1 Å². The highest BCUT2D eigenvalue weighted by Gasteiger charge is 2.16. The SMILES string of the molecule is CN=C(NCc1cccnc1N1CCOCC1)NCc1cc(Cl)c(Cl)n1C.I. The van der Waals surface area contributed by atoms with E-state index in [1.807, 2.05) is 29.9 Å². The Morgan fingerprint density at radius 1 is 1.25 bits per heavy atom. The molecule has 10 heteroatoms. The quantitative estimate of drug-likeness (QED) is 0.348. The number of ether oxygens (including phenoxy) is 1. The van der Waals surface area contributed by atoms with Crippen LogP contribution in [0.4, 0.5) is 5.82 Å². The number of guanidine groups is 1. The summed E-state index contributed by atoms with van der Waals surface area (Å²) in [6.07, 6.45) is 1.82. The predicted molar refractivity (Wildman–Crippen MR) is 125 cm³/mol. The molecule has 0 amide bonds. The largest absolute Gasteiger partial charge is 0.378 e. The molecule has 3 rings (SSSR count). The topological polar surface area (TPSA) is 66.7 Å². The minimum Gasteiger partial charge on any atom is -0.378 e. The van der Waals surface area contributed by atoms with Crippen LogP contribution in [0.5, 0.6) is 0 Å². The molecule has 0 saturated carbocycles. The van der Waals surface area contributed by atoms with E-state index in [2.05, 4.69) is 31.6 Å². The fourth-order valence-corrected chi connectivity index (χ4v) is 3.38. The second kappa shape index (κ2) is 11.1. The first-order chi connectivity index (χ1) is 13.1. The maximum atomic E-state index is 6.12. The van der Waals surface area contributed by atoms with Crippen LogP contribution >= 0.6 is 47.2 Å². The molecule has 28 heavy (non-hydrogen) atoms. The smallest absolute Gasteiger partial charge is 0.191 e. The average molecular weight is 539 g/mol. The van der Waals surface area contributed by atoms with Crippen LogP contribution in [0.1, 0.15) is 11.3 Å². The Labute approximate surface area is 192 Å². The lowest BCUT2D eigenvalue weighted by Gasteiger charge is -2.29. The zero-order valence-corrected chi connectivity index (χ0v) is 19.8. The first-order valence-corrected chi connectivity index (χ1v) is 9.56.